The number of imide groups is 1. The monoisotopic (exact) mass is 293 g/mol. The quantitative estimate of drug-likeness (QED) is 0.730. The molecule has 0 radical (unpaired) electrons. The summed E-state index contributed by atoms with van der Waals surface area (Å²) in [5, 5.41) is 13.3. The van der Waals surface area contributed by atoms with Gasteiger partial charge in [-0.1, -0.05) is 13.0 Å². The van der Waals surface area contributed by atoms with E-state index in [1.165, 1.54) is 0 Å². The van der Waals surface area contributed by atoms with Crippen LogP contribution in [0.25, 0.3) is 0 Å². The highest BCUT2D eigenvalue weighted by Gasteiger charge is 2.14. The van der Waals surface area contributed by atoms with Crippen LogP contribution < -0.4 is 10.6 Å². The third-order valence-corrected chi connectivity index (χ3v) is 2.74. The Kier molecular flexibility index (Phi) is 6.32. The predicted molar refractivity (Wildman–Crippen MR) is 75.4 cm³/mol. The van der Waals surface area contributed by atoms with E-state index in [4.69, 9.17) is 5.11 Å². The normalized spacial score (nSPS) is 11.5. The van der Waals surface area contributed by atoms with Crippen molar-refractivity contribution in [1.82, 2.24) is 15.6 Å². The van der Waals surface area contributed by atoms with Gasteiger partial charge >= 0.3 is 12.0 Å². The number of rotatable bonds is 6. The second-order valence-corrected chi connectivity index (χ2v) is 4.95. The van der Waals surface area contributed by atoms with Crippen LogP contribution in [-0.4, -0.2) is 28.0 Å². The molecule has 1 aromatic heterocycles. The Morgan fingerprint density at radius 1 is 1.29 bits per heavy atom. The van der Waals surface area contributed by atoms with Crippen LogP contribution in [0.4, 0.5) is 4.79 Å². The fourth-order valence-corrected chi connectivity index (χ4v) is 1.69. The number of carbonyl (C=O) groups is 3. The number of hydrogen-bond acceptors (Lipinski definition) is 4. The first-order chi connectivity index (χ1) is 9.86. The lowest BCUT2D eigenvalue weighted by molar-refractivity contribution is -0.138. The number of urea groups is 1. The third kappa shape index (κ3) is 7.05. The van der Waals surface area contributed by atoms with Gasteiger partial charge in [0, 0.05) is 31.3 Å². The molecular formula is C14H19N3O4. The number of carboxylic acid groups (broad SMARTS) is 1. The largest absolute Gasteiger partial charge is 0.481 e. The van der Waals surface area contributed by atoms with Crippen molar-refractivity contribution in [1.29, 1.82) is 0 Å². The molecular weight excluding hydrogens is 274 g/mol. The Hall–Kier alpha value is -2.44. The van der Waals surface area contributed by atoms with Crippen LogP contribution in [0.1, 0.15) is 31.0 Å². The minimum absolute atomic E-state index is 0.00813. The maximum atomic E-state index is 11.5. The van der Waals surface area contributed by atoms with Crippen molar-refractivity contribution in [2.75, 3.05) is 0 Å². The summed E-state index contributed by atoms with van der Waals surface area (Å²) >= 11 is 0. The van der Waals surface area contributed by atoms with Gasteiger partial charge in [0.15, 0.2) is 0 Å². The minimum atomic E-state index is -0.966. The van der Waals surface area contributed by atoms with Gasteiger partial charge in [0.05, 0.1) is 0 Å². The van der Waals surface area contributed by atoms with Gasteiger partial charge in [0.2, 0.25) is 5.91 Å². The van der Waals surface area contributed by atoms with E-state index in [0.717, 1.165) is 11.3 Å². The predicted octanol–water partition coefficient (Wildman–Crippen LogP) is 1.22. The standard InChI is InChI=1S/C14H19N3O4/c1-9(6-13(19)20)5-12(18)17-14(21)16-8-11-4-3-10(2)15-7-11/h3-4,7,9H,5-6,8H2,1-2H3,(H,19,20)(H2,16,17,18,21). The fourth-order valence-electron chi connectivity index (χ4n) is 1.69. The average Bonchev–Trinajstić information content (AvgIpc) is 2.36. The molecule has 0 saturated heterocycles. The number of nitrogens with zero attached hydrogens (tertiary/aromatic N) is 1. The van der Waals surface area contributed by atoms with Crippen molar-refractivity contribution in [3.63, 3.8) is 0 Å². The molecule has 0 aliphatic rings. The summed E-state index contributed by atoms with van der Waals surface area (Å²) in [4.78, 5) is 37.6. The topological polar surface area (TPSA) is 108 Å². The Bertz CT molecular complexity index is 513. The maximum Gasteiger partial charge on any atom is 0.321 e. The Labute approximate surface area is 122 Å². The molecule has 114 valence electrons. The van der Waals surface area contributed by atoms with Crippen LogP contribution in [0.15, 0.2) is 18.3 Å². The molecule has 0 aliphatic carbocycles. The summed E-state index contributed by atoms with van der Waals surface area (Å²) in [7, 11) is 0. The van der Waals surface area contributed by atoms with Crippen LogP contribution in [0.3, 0.4) is 0 Å². The summed E-state index contributed by atoms with van der Waals surface area (Å²) < 4.78 is 0. The molecule has 0 fully saturated rings. The van der Waals surface area contributed by atoms with Crippen LogP contribution in [0.2, 0.25) is 0 Å². The van der Waals surface area contributed by atoms with E-state index >= 15 is 0 Å². The molecule has 1 rings (SSSR count). The highest BCUT2D eigenvalue weighted by atomic mass is 16.4. The average molecular weight is 293 g/mol. The number of pyridine rings is 1. The lowest BCUT2D eigenvalue weighted by atomic mass is 10.0. The van der Waals surface area contributed by atoms with E-state index in [9.17, 15) is 14.4 Å². The number of aromatic nitrogens is 1. The number of aliphatic carboxylic acids is 1. The molecule has 1 atom stereocenters. The number of carbonyl (C=O) groups excluding carboxylic acids is 2. The molecule has 0 saturated carbocycles. The van der Waals surface area contributed by atoms with Gasteiger partial charge in [0.1, 0.15) is 0 Å². The zero-order chi connectivity index (χ0) is 15.8. The maximum absolute atomic E-state index is 11.5. The van der Waals surface area contributed by atoms with E-state index in [1.807, 2.05) is 19.1 Å². The smallest absolute Gasteiger partial charge is 0.321 e. The van der Waals surface area contributed by atoms with E-state index < -0.39 is 17.9 Å². The van der Waals surface area contributed by atoms with Crippen molar-refractivity contribution in [3.8, 4) is 0 Å². The van der Waals surface area contributed by atoms with E-state index in [0.29, 0.717) is 0 Å². The Morgan fingerprint density at radius 3 is 2.57 bits per heavy atom. The highest BCUT2D eigenvalue weighted by molar-refractivity contribution is 5.94. The number of hydrogen-bond donors (Lipinski definition) is 3. The molecule has 3 N–H and O–H groups in total. The molecule has 3 amide bonds. The van der Waals surface area contributed by atoms with Crippen molar-refractivity contribution in [3.05, 3.63) is 29.6 Å². The molecule has 1 unspecified atom stereocenters. The van der Waals surface area contributed by atoms with Gasteiger partial charge in [-0.05, 0) is 24.5 Å². The van der Waals surface area contributed by atoms with Crippen LogP contribution in [0, 0.1) is 12.8 Å². The molecule has 1 heterocycles. The number of aryl methyl sites for hydroxylation is 1. The molecule has 7 nitrogen and oxygen atoms in total. The summed E-state index contributed by atoms with van der Waals surface area (Å²) in [5.41, 5.74) is 1.70. The lowest BCUT2D eigenvalue weighted by Gasteiger charge is -2.09. The second kappa shape index (κ2) is 7.98. The van der Waals surface area contributed by atoms with Gasteiger partial charge in [-0.25, -0.2) is 4.79 Å². The van der Waals surface area contributed by atoms with Gasteiger partial charge in [0.25, 0.3) is 0 Å². The molecule has 21 heavy (non-hydrogen) atoms. The van der Waals surface area contributed by atoms with Gasteiger partial charge < -0.3 is 10.4 Å². The first-order valence-corrected chi connectivity index (χ1v) is 6.58. The van der Waals surface area contributed by atoms with Crippen LogP contribution in [-0.2, 0) is 16.1 Å². The van der Waals surface area contributed by atoms with Crippen molar-refractivity contribution in [2.24, 2.45) is 5.92 Å². The molecule has 0 spiro atoms. The van der Waals surface area contributed by atoms with E-state index in [2.05, 4.69) is 15.6 Å². The Balaban J connectivity index is 2.31. The summed E-state index contributed by atoms with van der Waals surface area (Å²) in [6, 6.07) is 3.05. The van der Waals surface area contributed by atoms with Crippen molar-refractivity contribution >= 4 is 17.9 Å². The SMILES string of the molecule is Cc1ccc(CNC(=O)NC(=O)CC(C)CC(=O)O)cn1. The number of amides is 3. The molecule has 1 aromatic rings. The van der Waals surface area contributed by atoms with E-state index in [-0.39, 0.29) is 25.3 Å². The molecule has 0 bridgehead atoms. The zero-order valence-electron chi connectivity index (χ0n) is 12.0. The molecule has 0 aliphatic heterocycles. The van der Waals surface area contributed by atoms with Gasteiger partial charge in [-0.2, -0.15) is 0 Å². The lowest BCUT2D eigenvalue weighted by Crippen LogP contribution is -2.39. The summed E-state index contributed by atoms with van der Waals surface area (Å²) in [5.74, 6) is -1.79. The number of nitrogens with one attached hydrogen (secondary N) is 2. The highest BCUT2D eigenvalue weighted by Crippen LogP contribution is 2.06. The molecule has 0 aromatic carbocycles. The minimum Gasteiger partial charge on any atom is -0.481 e. The van der Waals surface area contributed by atoms with Crippen LogP contribution >= 0.6 is 0 Å². The van der Waals surface area contributed by atoms with Gasteiger partial charge in [-0.3, -0.25) is 19.9 Å². The van der Waals surface area contributed by atoms with Crippen molar-refractivity contribution in [2.45, 2.75) is 33.2 Å². The first kappa shape index (κ1) is 16.6. The zero-order valence-corrected chi connectivity index (χ0v) is 12.0. The Morgan fingerprint density at radius 2 is 2.00 bits per heavy atom. The second-order valence-electron chi connectivity index (χ2n) is 4.95. The fraction of sp³-hybridized carbons (Fsp3) is 0.429. The third-order valence-electron chi connectivity index (χ3n) is 2.74. The van der Waals surface area contributed by atoms with Crippen molar-refractivity contribution < 1.29 is 19.5 Å². The van der Waals surface area contributed by atoms with Crippen LogP contribution in [0.5, 0.6) is 0 Å². The first-order valence-electron chi connectivity index (χ1n) is 6.58. The summed E-state index contributed by atoms with van der Waals surface area (Å²) in [6.45, 7) is 3.77. The van der Waals surface area contributed by atoms with Gasteiger partial charge in [-0.15, -0.1) is 0 Å². The molecule has 7 heteroatoms. The van der Waals surface area contributed by atoms with E-state index in [1.54, 1.807) is 13.1 Å². The number of carboxylic acids is 1. The summed E-state index contributed by atoms with van der Waals surface area (Å²) in [6.07, 6.45) is 1.53.